The SMILES string of the molecule is CC1CC1(Cl)Br. The highest BCUT2D eigenvalue weighted by Crippen LogP contribution is 2.54. The Morgan fingerprint density at radius 1 is 2.00 bits per heavy atom. The van der Waals surface area contributed by atoms with Crippen LogP contribution in [0.4, 0.5) is 0 Å². The molecule has 0 aromatic carbocycles. The zero-order valence-electron chi connectivity index (χ0n) is 3.54. The van der Waals surface area contributed by atoms with Gasteiger partial charge >= 0.3 is 0 Å². The molecule has 2 heteroatoms. The summed E-state index contributed by atoms with van der Waals surface area (Å²) >= 11 is 9.03. The second-order valence-electron chi connectivity index (χ2n) is 1.87. The van der Waals surface area contributed by atoms with Crippen LogP contribution in [0.1, 0.15) is 13.3 Å². The molecular weight excluding hydrogens is 163 g/mol. The summed E-state index contributed by atoms with van der Waals surface area (Å²) in [5.41, 5.74) is 0. The topological polar surface area (TPSA) is 0 Å². The van der Waals surface area contributed by atoms with Crippen LogP contribution in [-0.4, -0.2) is 3.78 Å². The number of halogens is 2. The van der Waals surface area contributed by atoms with Gasteiger partial charge in [0.15, 0.2) is 0 Å². The van der Waals surface area contributed by atoms with Crippen molar-refractivity contribution in [3.8, 4) is 0 Å². The minimum atomic E-state index is -0.00694. The van der Waals surface area contributed by atoms with Crippen molar-refractivity contribution in [1.29, 1.82) is 0 Å². The first-order valence-corrected chi connectivity index (χ1v) is 3.18. The van der Waals surface area contributed by atoms with Gasteiger partial charge in [0.05, 0.1) is 0 Å². The van der Waals surface area contributed by atoms with E-state index in [1.807, 2.05) is 0 Å². The lowest BCUT2D eigenvalue weighted by molar-refractivity contribution is 0.972. The first kappa shape index (κ1) is 4.92. The largest absolute Gasteiger partial charge is 0.106 e. The monoisotopic (exact) mass is 168 g/mol. The van der Waals surface area contributed by atoms with Crippen LogP contribution in [0.15, 0.2) is 0 Å². The van der Waals surface area contributed by atoms with E-state index in [1.54, 1.807) is 0 Å². The van der Waals surface area contributed by atoms with Crippen LogP contribution in [0.2, 0.25) is 0 Å². The van der Waals surface area contributed by atoms with Gasteiger partial charge in [0.25, 0.3) is 0 Å². The molecule has 0 bridgehead atoms. The molecule has 2 unspecified atom stereocenters. The van der Waals surface area contributed by atoms with E-state index in [2.05, 4.69) is 22.9 Å². The molecule has 0 nitrogen and oxygen atoms in total. The quantitative estimate of drug-likeness (QED) is 0.488. The van der Waals surface area contributed by atoms with Crippen LogP contribution in [0.3, 0.4) is 0 Å². The zero-order valence-corrected chi connectivity index (χ0v) is 5.88. The molecule has 1 fully saturated rings. The number of rotatable bonds is 0. The molecule has 0 aromatic rings. The molecule has 0 amide bonds. The van der Waals surface area contributed by atoms with Crippen molar-refractivity contribution in [3.63, 3.8) is 0 Å². The fourth-order valence-corrected chi connectivity index (χ4v) is 1.07. The van der Waals surface area contributed by atoms with Gasteiger partial charge in [-0.3, -0.25) is 0 Å². The van der Waals surface area contributed by atoms with Crippen molar-refractivity contribution >= 4 is 27.5 Å². The third kappa shape index (κ3) is 0.710. The van der Waals surface area contributed by atoms with Gasteiger partial charge in [-0.25, -0.2) is 0 Å². The summed E-state index contributed by atoms with van der Waals surface area (Å²) in [5, 5.41) is 0. The van der Waals surface area contributed by atoms with E-state index in [4.69, 9.17) is 11.6 Å². The highest BCUT2D eigenvalue weighted by atomic mass is 79.9. The standard InChI is InChI=1S/C4H6BrCl/c1-3-2-4(3,5)6/h3H,2H2,1H3. The molecule has 0 saturated heterocycles. The lowest BCUT2D eigenvalue weighted by Crippen LogP contribution is -1.80. The third-order valence-electron chi connectivity index (χ3n) is 1.14. The van der Waals surface area contributed by atoms with Gasteiger partial charge in [-0.2, -0.15) is 0 Å². The predicted octanol–water partition coefficient (Wildman–Crippen LogP) is 2.36. The molecule has 36 valence electrons. The van der Waals surface area contributed by atoms with Gasteiger partial charge in [0.1, 0.15) is 3.78 Å². The lowest BCUT2D eigenvalue weighted by atomic mass is 10.5. The average Bonchev–Trinajstić information content (AvgIpc) is 1.73. The molecule has 1 saturated carbocycles. The van der Waals surface area contributed by atoms with Crippen molar-refractivity contribution in [3.05, 3.63) is 0 Å². The maximum absolute atomic E-state index is 5.71. The van der Waals surface area contributed by atoms with Gasteiger partial charge in [-0.05, 0) is 12.3 Å². The molecule has 0 spiro atoms. The Balaban J connectivity index is 2.41. The summed E-state index contributed by atoms with van der Waals surface area (Å²) in [7, 11) is 0. The molecule has 0 heterocycles. The predicted molar refractivity (Wildman–Crippen MR) is 31.3 cm³/mol. The highest BCUT2D eigenvalue weighted by molar-refractivity contribution is 9.10. The van der Waals surface area contributed by atoms with Gasteiger partial charge in [-0.1, -0.05) is 22.9 Å². The van der Waals surface area contributed by atoms with Crippen LogP contribution >= 0.6 is 27.5 Å². The second-order valence-corrected chi connectivity index (χ2v) is 4.41. The van der Waals surface area contributed by atoms with E-state index in [1.165, 1.54) is 0 Å². The van der Waals surface area contributed by atoms with E-state index in [0.29, 0.717) is 5.92 Å². The summed E-state index contributed by atoms with van der Waals surface area (Å²) in [5.74, 6) is 0.680. The summed E-state index contributed by atoms with van der Waals surface area (Å²) in [6.07, 6.45) is 1.12. The number of hydrogen-bond acceptors (Lipinski definition) is 0. The van der Waals surface area contributed by atoms with E-state index < -0.39 is 0 Å². The van der Waals surface area contributed by atoms with Crippen molar-refractivity contribution in [2.45, 2.75) is 17.1 Å². The van der Waals surface area contributed by atoms with Crippen LogP contribution in [0.5, 0.6) is 0 Å². The number of hydrogen-bond donors (Lipinski definition) is 0. The fraction of sp³-hybridized carbons (Fsp3) is 1.00. The summed E-state index contributed by atoms with van der Waals surface area (Å²) in [6.45, 7) is 2.13. The molecule has 0 radical (unpaired) electrons. The van der Waals surface area contributed by atoms with E-state index in [0.717, 1.165) is 6.42 Å². The lowest BCUT2D eigenvalue weighted by Gasteiger charge is -1.85. The Bertz CT molecular complexity index is 69.9. The Kier molecular flexibility index (Phi) is 0.928. The van der Waals surface area contributed by atoms with Crippen LogP contribution in [-0.2, 0) is 0 Å². The molecule has 1 rings (SSSR count). The molecule has 0 aromatic heterocycles. The van der Waals surface area contributed by atoms with Crippen molar-refractivity contribution in [1.82, 2.24) is 0 Å². The molecule has 0 N–H and O–H groups in total. The van der Waals surface area contributed by atoms with Crippen LogP contribution < -0.4 is 0 Å². The van der Waals surface area contributed by atoms with Gasteiger partial charge in [0, 0.05) is 0 Å². The minimum absolute atomic E-state index is 0.00694. The Morgan fingerprint density at radius 2 is 2.17 bits per heavy atom. The van der Waals surface area contributed by atoms with Gasteiger partial charge < -0.3 is 0 Å². The van der Waals surface area contributed by atoms with Crippen molar-refractivity contribution in [2.24, 2.45) is 5.92 Å². The van der Waals surface area contributed by atoms with Crippen LogP contribution in [0, 0.1) is 5.92 Å². The highest BCUT2D eigenvalue weighted by Gasteiger charge is 2.47. The summed E-state index contributed by atoms with van der Waals surface area (Å²) < 4.78 is -0.00694. The first-order chi connectivity index (χ1) is 2.63. The summed E-state index contributed by atoms with van der Waals surface area (Å²) in [6, 6.07) is 0. The third-order valence-corrected chi connectivity index (χ3v) is 2.77. The molecule has 6 heavy (non-hydrogen) atoms. The smallest absolute Gasteiger partial charge is 0.102 e. The molecular formula is C4H6BrCl. The molecule has 1 aliphatic carbocycles. The summed E-state index contributed by atoms with van der Waals surface area (Å²) in [4.78, 5) is 0. The normalized spacial score (nSPS) is 55.5. The van der Waals surface area contributed by atoms with Crippen molar-refractivity contribution in [2.75, 3.05) is 0 Å². The molecule has 0 aliphatic heterocycles. The van der Waals surface area contributed by atoms with E-state index in [-0.39, 0.29) is 3.78 Å². The minimum Gasteiger partial charge on any atom is -0.106 e. The van der Waals surface area contributed by atoms with E-state index in [9.17, 15) is 0 Å². The van der Waals surface area contributed by atoms with Crippen LogP contribution in [0.25, 0.3) is 0 Å². The van der Waals surface area contributed by atoms with Gasteiger partial charge in [0.2, 0.25) is 0 Å². The fourth-order valence-electron chi connectivity index (χ4n) is 0.349. The number of alkyl halides is 2. The Labute approximate surface area is 51.0 Å². The average molecular weight is 169 g/mol. The molecule has 2 atom stereocenters. The zero-order chi connectivity index (χ0) is 4.78. The van der Waals surface area contributed by atoms with Gasteiger partial charge in [-0.15, -0.1) is 11.6 Å². The Morgan fingerprint density at radius 3 is 2.17 bits per heavy atom. The maximum Gasteiger partial charge on any atom is 0.102 e. The maximum atomic E-state index is 5.71. The molecule has 1 aliphatic rings. The van der Waals surface area contributed by atoms with Crippen molar-refractivity contribution < 1.29 is 0 Å². The van der Waals surface area contributed by atoms with E-state index >= 15 is 0 Å². The second kappa shape index (κ2) is 1.13. The Hall–Kier alpha value is 0.770. The first-order valence-electron chi connectivity index (χ1n) is 2.01.